The number of rotatable bonds is 3. The van der Waals surface area contributed by atoms with Crippen molar-refractivity contribution in [2.75, 3.05) is 6.61 Å². The molecule has 0 aliphatic carbocycles. The molecule has 0 fully saturated rings. The minimum Gasteiger partial charge on any atom is -0.434 e. The first-order valence-electron chi connectivity index (χ1n) is 4.37. The first-order chi connectivity index (χ1) is 7.58. The highest BCUT2D eigenvalue weighted by Gasteiger charge is 2.14. The summed E-state index contributed by atoms with van der Waals surface area (Å²) in [5.74, 6) is -0.0560. The maximum atomic E-state index is 11.1. The molecule has 0 N–H and O–H groups in total. The van der Waals surface area contributed by atoms with Gasteiger partial charge in [0, 0.05) is 5.02 Å². The number of benzene rings is 1. The van der Waals surface area contributed by atoms with Crippen LogP contribution < -0.4 is 4.74 Å². The summed E-state index contributed by atoms with van der Waals surface area (Å²) in [7, 11) is 0. The summed E-state index contributed by atoms with van der Waals surface area (Å²) in [5, 5.41) is 0.353. The average Bonchev–Trinajstić information content (AvgIpc) is 2.22. The second-order valence-corrected chi connectivity index (χ2v) is 3.55. The van der Waals surface area contributed by atoms with Gasteiger partial charge in [0.15, 0.2) is 12.0 Å². The Morgan fingerprint density at radius 3 is 2.69 bits per heavy atom. The third-order valence-corrected chi connectivity index (χ3v) is 2.11. The van der Waals surface area contributed by atoms with Crippen molar-refractivity contribution in [3.05, 3.63) is 27.7 Å². The second kappa shape index (κ2) is 5.72. The third kappa shape index (κ3) is 3.12. The standard InChI is InChI=1S/C10H8Cl2O4/c1-2-15-10(14)16-9-6(5-13)3-7(11)4-8(9)12/h3-5H,2H2,1H3. The van der Waals surface area contributed by atoms with Crippen molar-refractivity contribution >= 4 is 35.6 Å². The van der Waals surface area contributed by atoms with E-state index in [0.717, 1.165) is 0 Å². The molecule has 4 nitrogen and oxygen atoms in total. The SMILES string of the molecule is CCOC(=O)Oc1c(Cl)cc(Cl)cc1C=O. The van der Waals surface area contributed by atoms with Crippen LogP contribution in [0.25, 0.3) is 0 Å². The summed E-state index contributed by atoms with van der Waals surface area (Å²) >= 11 is 11.5. The number of aldehydes is 1. The molecule has 0 radical (unpaired) electrons. The number of carbonyl (C=O) groups excluding carboxylic acids is 2. The summed E-state index contributed by atoms with van der Waals surface area (Å²) in [6.45, 7) is 1.80. The van der Waals surface area contributed by atoms with E-state index in [-0.39, 0.29) is 28.0 Å². The van der Waals surface area contributed by atoms with Crippen LogP contribution in [0.5, 0.6) is 5.75 Å². The molecule has 1 aromatic carbocycles. The Morgan fingerprint density at radius 1 is 1.44 bits per heavy atom. The monoisotopic (exact) mass is 262 g/mol. The Labute approximate surface area is 102 Å². The molecule has 0 aromatic heterocycles. The zero-order chi connectivity index (χ0) is 12.1. The minimum absolute atomic E-state index is 0.0560. The molecular weight excluding hydrogens is 255 g/mol. The Morgan fingerprint density at radius 2 is 2.12 bits per heavy atom. The molecule has 0 amide bonds. The lowest BCUT2D eigenvalue weighted by atomic mass is 10.2. The molecule has 16 heavy (non-hydrogen) atoms. The maximum Gasteiger partial charge on any atom is 0.513 e. The Bertz CT molecular complexity index is 418. The Kier molecular flexibility index (Phi) is 4.58. The minimum atomic E-state index is -0.921. The van der Waals surface area contributed by atoms with E-state index in [4.69, 9.17) is 27.9 Å². The predicted molar refractivity (Wildman–Crippen MR) is 59.5 cm³/mol. The van der Waals surface area contributed by atoms with Crippen LogP contribution in [0.4, 0.5) is 4.79 Å². The molecule has 0 heterocycles. The van der Waals surface area contributed by atoms with Crippen molar-refractivity contribution in [3.63, 3.8) is 0 Å². The van der Waals surface area contributed by atoms with Crippen LogP contribution in [0.3, 0.4) is 0 Å². The molecule has 1 aromatic rings. The average molecular weight is 263 g/mol. The van der Waals surface area contributed by atoms with Gasteiger partial charge >= 0.3 is 6.16 Å². The van der Waals surface area contributed by atoms with Gasteiger partial charge in [-0.3, -0.25) is 4.79 Å². The van der Waals surface area contributed by atoms with E-state index < -0.39 is 6.16 Å². The van der Waals surface area contributed by atoms with Gasteiger partial charge in [0.2, 0.25) is 0 Å². The summed E-state index contributed by atoms with van der Waals surface area (Å²) in [6.07, 6.45) is -0.429. The van der Waals surface area contributed by atoms with Gasteiger partial charge in [-0.2, -0.15) is 0 Å². The molecule has 0 spiro atoms. The van der Waals surface area contributed by atoms with Crippen LogP contribution in [-0.2, 0) is 4.74 Å². The lowest BCUT2D eigenvalue weighted by molar-refractivity contribution is 0.103. The van der Waals surface area contributed by atoms with Crippen molar-refractivity contribution in [3.8, 4) is 5.75 Å². The molecule has 0 bridgehead atoms. The van der Waals surface area contributed by atoms with E-state index >= 15 is 0 Å². The molecule has 0 unspecified atom stereocenters. The molecule has 0 aliphatic rings. The second-order valence-electron chi connectivity index (χ2n) is 2.71. The zero-order valence-electron chi connectivity index (χ0n) is 8.33. The fraction of sp³-hybridized carbons (Fsp3) is 0.200. The smallest absolute Gasteiger partial charge is 0.434 e. The van der Waals surface area contributed by atoms with E-state index in [1.54, 1.807) is 6.92 Å². The number of carbonyl (C=O) groups is 2. The van der Waals surface area contributed by atoms with Crippen molar-refractivity contribution in [2.24, 2.45) is 0 Å². The van der Waals surface area contributed by atoms with Gasteiger partial charge in [-0.25, -0.2) is 4.79 Å². The van der Waals surface area contributed by atoms with E-state index in [1.165, 1.54) is 12.1 Å². The number of halogens is 2. The third-order valence-electron chi connectivity index (χ3n) is 1.61. The van der Waals surface area contributed by atoms with Crippen LogP contribution in [0, 0.1) is 0 Å². The molecule has 0 atom stereocenters. The van der Waals surface area contributed by atoms with Crippen LogP contribution in [0.15, 0.2) is 12.1 Å². The molecule has 86 valence electrons. The van der Waals surface area contributed by atoms with Gasteiger partial charge < -0.3 is 9.47 Å². The first-order valence-corrected chi connectivity index (χ1v) is 5.13. The highest BCUT2D eigenvalue weighted by Crippen LogP contribution is 2.31. The van der Waals surface area contributed by atoms with Crippen LogP contribution in [-0.4, -0.2) is 19.0 Å². The summed E-state index contributed by atoms with van der Waals surface area (Å²) in [6, 6.07) is 2.71. The quantitative estimate of drug-likeness (QED) is 0.476. The van der Waals surface area contributed by atoms with Crippen molar-refractivity contribution in [1.82, 2.24) is 0 Å². The summed E-state index contributed by atoms with van der Waals surface area (Å²) < 4.78 is 9.34. The lowest BCUT2D eigenvalue weighted by Gasteiger charge is -2.08. The predicted octanol–water partition coefficient (Wildman–Crippen LogP) is 3.34. The van der Waals surface area contributed by atoms with Gasteiger partial charge in [0.1, 0.15) is 0 Å². The number of ether oxygens (including phenoxy) is 2. The molecule has 0 aliphatic heterocycles. The van der Waals surface area contributed by atoms with Crippen molar-refractivity contribution in [2.45, 2.75) is 6.92 Å². The van der Waals surface area contributed by atoms with E-state index in [9.17, 15) is 9.59 Å². The number of hydrogen-bond donors (Lipinski definition) is 0. The van der Waals surface area contributed by atoms with E-state index in [1.807, 2.05) is 0 Å². The van der Waals surface area contributed by atoms with Gasteiger partial charge in [-0.05, 0) is 19.1 Å². The van der Waals surface area contributed by atoms with Gasteiger partial charge in [0.05, 0.1) is 17.2 Å². The van der Waals surface area contributed by atoms with Crippen molar-refractivity contribution in [1.29, 1.82) is 0 Å². The summed E-state index contributed by atoms with van der Waals surface area (Å²) in [5.41, 5.74) is 0.0885. The fourth-order valence-corrected chi connectivity index (χ4v) is 1.55. The number of hydrogen-bond acceptors (Lipinski definition) is 4. The van der Waals surface area contributed by atoms with E-state index in [0.29, 0.717) is 6.29 Å². The molecule has 1 rings (SSSR count). The van der Waals surface area contributed by atoms with E-state index in [2.05, 4.69) is 4.74 Å². The highest BCUT2D eigenvalue weighted by atomic mass is 35.5. The van der Waals surface area contributed by atoms with Crippen LogP contribution >= 0.6 is 23.2 Å². The molecule has 0 saturated heterocycles. The molecular formula is C10H8Cl2O4. The molecule has 0 saturated carbocycles. The normalized spacial score (nSPS) is 9.69. The maximum absolute atomic E-state index is 11.1. The van der Waals surface area contributed by atoms with Gasteiger partial charge in [-0.1, -0.05) is 23.2 Å². The zero-order valence-corrected chi connectivity index (χ0v) is 9.84. The largest absolute Gasteiger partial charge is 0.513 e. The topological polar surface area (TPSA) is 52.6 Å². The lowest BCUT2D eigenvalue weighted by Crippen LogP contribution is -2.11. The fourth-order valence-electron chi connectivity index (χ4n) is 1.01. The van der Waals surface area contributed by atoms with Crippen molar-refractivity contribution < 1.29 is 19.1 Å². The molecule has 6 heteroatoms. The first kappa shape index (κ1) is 12.8. The van der Waals surface area contributed by atoms with Crippen LogP contribution in [0.2, 0.25) is 10.0 Å². The van der Waals surface area contributed by atoms with Crippen LogP contribution in [0.1, 0.15) is 17.3 Å². The highest BCUT2D eigenvalue weighted by molar-refractivity contribution is 6.36. The Balaban J connectivity index is 3.02. The Hall–Kier alpha value is -1.26. The van der Waals surface area contributed by atoms with Gasteiger partial charge in [0.25, 0.3) is 0 Å². The van der Waals surface area contributed by atoms with Gasteiger partial charge in [-0.15, -0.1) is 0 Å². The summed E-state index contributed by atoms with van der Waals surface area (Å²) in [4.78, 5) is 21.8.